The lowest BCUT2D eigenvalue weighted by Crippen LogP contribution is -2.41. The van der Waals surface area contributed by atoms with E-state index in [9.17, 15) is 9.59 Å². The molecule has 0 spiro atoms. The first-order valence-corrected chi connectivity index (χ1v) is 7.35. The molecule has 2 unspecified atom stereocenters. The Bertz CT molecular complexity index is 784. The first kappa shape index (κ1) is 13.1. The van der Waals surface area contributed by atoms with Gasteiger partial charge in [-0.05, 0) is 24.5 Å². The van der Waals surface area contributed by atoms with Gasteiger partial charge in [-0.15, -0.1) is 0 Å². The molecule has 0 N–H and O–H groups in total. The van der Waals surface area contributed by atoms with E-state index in [1.807, 2.05) is 12.3 Å². The highest BCUT2D eigenvalue weighted by atomic mass is 16.2. The molecule has 1 aliphatic heterocycles. The summed E-state index contributed by atoms with van der Waals surface area (Å²) in [6.45, 7) is 0. The molecule has 110 valence electrons. The van der Waals surface area contributed by atoms with E-state index < -0.39 is 0 Å². The molecule has 1 aliphatic carbocycles. The average Bonchev–Trinajstić information content (AvgIpc) is 3.13. The lowest BCUT2D eigenvalue weighted by molar-refractivity contribution is -0.139. The van der Waals surface area contributed by atoms with Gasteiger partial charge < -0.3 is 0 Å². The summed E-state index contributed by atoms with van der Waals surface area (Å²) in [5.74, 6) is -0.277. The number of amides is 2. The van der Waals surface area contributed by atoms with E-state index in [2.05, 4.69) is 15.2 Å². The Kier molecular flexibility index (Phi) is 2.96. The van der Waals surface area contributed by atoms with Gasteiger partial charge in [-0.25, -0.2) is 0 Å². The minimum Gasteiger partial charge on any atom is -0.272 e. The molecular weight excluding hydrogens is 280 g/mol. The summed E-state index contributed by atoms with van der Waals surface area (Å²) >= 11 is 0. The number of fused-ring (bicyclic) bond motifs is 1. The van der Waals surface area contributed by atoms with Crippen LogP contribution in [-0.4, -0.2) is 37.9 Å². The maximum atomic E-state index is 11.9. The topological polar surface area (TPSA) is 76.1 Å². The van der Waals surface area contributed by atoms with Gasteiger partial charge in [0.1, 0.15) is 0 Å². The van der Waals surface area contributed by atoms with Crippen molar-refractivity contribution in [2.45, 2.75) is 31.2 Å². The fraction of sp³-hybridized carbons (Fsp3) is 0.312. The Morgan fingerprint density at radius 1 is 1.00 bits per heavy atom. The van der Waals surface area contributed by atoms with Crippen LogP contribution in [0.2, 0.25) is 0 Å². The van der Waals surface area contributed by atoms with Crippen LogP contribution >= 0.6 is 0 Å². The molecule has 1 fully saturated rings. The molecule has 2 aromatic heterocycles. The number of rotatable bonds is 2. The molecule has 0 aromatic carbocycles. The van der Waals surface area contributed by atoms with E-state index in [4.69, 9.17) is 0 Å². The maximum Gasteiger partial charge on any atom is 0.253 e. The van der Waals surface area contributed by atoms with Crippen LogP contribution in [-0.2, 0) is 9.59 Å². The van der Waals surface area contributed by atoms with Crippen LogP contribution in [0.4, 0.5) is 0 Å². The summed E-state index contributed by atoms with van der Waals surface area (Å²) in [6.07, 6.45) is 10.6. The molecule has 6 nitrogen and oxygen atoms in total. The van der Waals surface area contributed by atoms with Crippen molar-refractivity contribution in [2.75, 3.05) is 0 Å². The van der Waals surface area contributed by atoms with Crippen molar-refractivity contribution in [3.8, 4) is 0 Å². The number of pyridine rings is 1. The molecule has 2 aromatic rings. The zero-order chi connectivity index (χ0) is 15.1. The van der Waals surface area contributed by atoms with Crippen LogP contribution in [0, 0.1) is 0 Å². The third-order valence-corrected chi connectivity index (χ3v) is 4.50. The largest absolute Gasteiger partial charge is 0.272 e. The van der Waals surface area contributed by atoms with Crippen LogP contribution in [0.15, 0.2) is 36.8 Å². The number of nitrogens with zero attached hydrogens (tertiary/aromatic N) is 4. The van der Waals surface area contributed by atoms with Gasteiger partial charge in [0.2, 0.25) is 0 Å². The van der Waals surface area contributed by atoms with Gasteiger partial charge in [-0.3, -0.25) is 19.5 Å². The maximum absolute atomic E-state index is 11.9. The summed E-state index contributed by atoms with van der Waals surface area (Å²) < 4.78 is 0. The third kappa shape index (κ3) is 1.99. The standard InChI is InChI=1S/C16H14N4O2/c21-15-4-5-16(22)20(15)14-3-1-2-12(14)10-6-11-8-18-19-9-13(11)17-7-10/h4-9,12,14H,1-3H2. The summed E-state index contributed by atoms with van der Waals surface area (Å²) in [6, 6.07) is 1.96. The van der Waals surface area contributed by atoms with Crippen molar-refractivity contribution in [1.29, 1.82) is 0 Å². The van der Waals surface area contributed by atoms with Crippen molar-refractivity contribution in [3.63, 3.8) is 0 Å². The van der Waals surface area contributed by atoms with Gasteiger partial charge in [0.05, 0.1) is 17.9 Å². The first-order chi connectivity index (χ1) is 10.7. The Morgan fingerprint density at radius 3 is 2.59 bits per heavy atom. The predicted molar refractivity (Wildman–Crippen MR) is 78.7 cm³/mol. The molecule has 1 saturated carbocycles. The second-order valence-corrected chi connectivity index (χ2v) is 5.72. The molecule has 2 aliphatic rings. The smallest absolute Gasteiger partial charge is 0.253 e. The lowest BCUT2D eigenvalue weighted by Gasteiger charge is -2.28. The molecule has 2 atom stereocenters. The van der Waals surface area contributed by atoms with E-state index in [1.165, 1.54) is 17.1 Å². The molecule has 6 heteroatoms. The van der Waals surface area contributed by atoms with E-state index >= 15 is 0 Å². The van der Waals surface area contributed by atoms with Gasteiger partial charge in [0.25, 0.3) is 11.8 Å². The van der Waals surface area contributed by atoms with E-state index in [0.717, 1.165) is 35.7 Å². The Balaban J connectivity index is 1.70. The van der Waals surface area contributed by atoms with E-state index in [-0.39, 0.29) is 23.8 Å². The second kappa shape index (κ2) is 4.98. The van der Waals surface area contributed by atoms with Gasteiger partial charge >= 0.3 is 0 Å². The van der Waals surface area contributed by atoms with Crippen LogP contribution in [0.25, 0.3) is 10.9 Å². The second-order valence-electron chi connectivity index (χ2n) is 5.72. The minimum absolute atomic E-state index is 0.0796. The highest BCUT2D eigenvalue weighted by molar-refractivity contribution is 6.13. The monoisotopic (exact) mass is 294 g/mol. The summed E-state index contributed by atoms with van der Waals surface area (Å²) in [4.78, 5) is 29.7. The fourth-order valence-electron chi connectivity index (χ4n) is 3.48. The van der Waals surface area contributed by atoms with Crippen molar-refractivity contribution in [3.05, 3.63) is 42.4 Å². The molecule has 2 amide bonds. The number of aromatic nitrogens is 3. The van der Waals surface area contributed by atoms with E-state index in [0.29, 0.717) is 0 Å². The van der Waals surface area contributed by atoms with E-state index in [1.54, 1.807) is 12.4 Å². The number of carbonyl (C=O) groups is 2. The highest BCUT2D eigenvalue weighted by Gasteiger charge is 2.39. The van der Waals surface area contributed by atoms with Gasteiger partial charge in [0, 0.05) is 35.7 Å². The first-order valence-electron chi connectivity index (χ1n) is 7.35. The molecule has 0 bridgehead atoms. The molecule has 3 heterocycles. The zero-order valence-corrected chi connectivity index (χ0v) is 11.8. The molecule has 0 radical (unpaired) electrons. The van der Waals surface area contributed by atoms with Crippen LogP contribution < -0.4 is 0 Å². The Labute approximate surface area is 126 Å². The molecule has 22 heavy (non-hydrogen) atoms. The van der Waals surface area contributed by atoms with Crippen LogP contribution in [0.3, 0.4) is 0 Å². The zero-order valence-electron chi connectivity index (χ0n) is 11.8. The molecular formula is C16H14N4O2. The quantitative estimate of drug-likeness (QED) is 0.786. The summed E-state index contributed by atoms with van der Waals surface area (Å²) in [7, 11) is 0. The SMILES string of the molecule is O=C1C=CC(=O)N1C1CCCC1c1cnc2cnncc2c1. The van der Waals surface area contributed by atoms with Crippen molar-refractivity contribution >= 4 is 22.7 Å². The van der Waals surface area contributed by atoms with Gasteiger partial charge in [-0.2, -0.15) is 10.2 Å². The molecule has 0 saturated heterocycles. The third-order valence-electron chi connectivity index (χ3n) is 4.50. The number of carbonyl (C=O) groups excluding carboxylic acids is 2. The van der Waals surface area contributed by atoms with Crippen molar-refractivity contribution in [1.82, 2.24) is 20.1 Å². The lowest BCUT2D eigenvalue weighted by atomic mass is 9.93. The average molecular weight is 294 g/mol. The Hall–Kier alpha value is -2.63. The molecule has 4 rings (SSSR count). The fourth-order valence-corrected chi connectivity index (χ4v) is 3.48. The normalized spacial score (nSPS) is 24.6. The van der Waals surface area contributed by atoms with Crippen LogP contribution in [0.5, 0.6) is 0 Å². The van der Waals surface area contributed by atoms with Crippen molar-refractivity contribution in [2.24, 2.45) is 0 Å². The summed E-state index contributed by atoms with van der Waals surface area (Å²) in [5, 5.41) is 8.63. The van der Waals surface area contributed by atoms with Crippen LogP contribution in [0.1, 0.15) is 30.7 Å². The number of imide groups is 1. The van der Waals surface area contributed by atoms with Gasteiger partial charge in [0.15, 0.2) is 0 Å². The number of hydrogen-bond acceptors (Lipinski definition) is 5. The Morgan fingerprint density at radius 2 is 1.77 bits per heavy atom. The minimum atomic E-state index is -0.207. The van der Waals surface area contributed by atoms with Gasteiger partial charge in [-0.1, -0.05) is 6.42 Å². The summed E-state index contributed by atoms with van der Waals surface area (Å²) in [5.41, 5.74) is 1.85. The van der Waals surface area contributed by atoms with Crippen molar-refractivity contribution < 1.29 is 9.59 Å². The predicted octanol–water partition coefficient (Wildman–Crippen LogP) is 1.59. The highest BCUT2D eigenvalue weighted by Crippen LogP contribution is 2.39. The number of hydrogen-bond donors (Lipinski definition) is 0.